The van der Waals surface area contributed by atoms with Gasteiger partial charge in [0.1, 0.15) is 17.4 Å². The van der Waals surface area contributed by atoms with Gasteiger partial charge in [0, 0.05) is 34.5 Å². The van der Waals surface area contributed by atoms with E-state index in [9.17, 15) is 5.11 Å². The van der Waals surface area contributed by atoms with Gasteiger partial charge in [0.05, 0.1) is 41.8 Å². The summed E-state index contributed by atoms with van der Waals surface area (Å²) in [5.41, 5.74) is 7.01. The molecule has 0 aliphatic heterocycles. The minimum absolute atomic E-state index is 0.601. The maximum Gasteiger partial charge on any atom is 0.160 e. The molecule has 1 unspecified atom stereocenters. The van der Waals surface area contributed by atoms with E-state index in [1.165, 1.54) is 0 Å². The Bertz CT molecular complexity index is 1640. The lowest BCUT2D eigenvalue weighted by Gasteiger charge is -2.14. The standard InChI is InChI=1S/C26H24N8O2/c1-2-3-4-22(35)30-17-9-16(11-27-12-17)20-10-19-21(13-29-20)33-34-24(19)26-31-23-18(15-6-8-36-14-15)5-7-28-25(23)32-26/h5-14,22,30,35H,2-4H2,1H3,(H,33,34)(H,28,31,32). The number of furan rings is 1. The third kappa shape index (κ3) is 4.07. The summed E-state index contributed by atoms with van der Waals surface area (Å²) in [6.07, 6.45) is 12.3. The first-order valence-electron chi connectivity index (χ1n) is 11.8. The lowest BCUT2D eigenvalue weighted by atomic mass is 10.1. The summed E-state index contributed by atoms with van der Waals surface area (Å²) < 4.78 is 5.25. The molecule has 1 atom stereocenters. The van der Waals surface area contributed by atoms with E-state index in [2.05, 4.69) is 42.4 Å². The molecule has 0 aromatic carbocycles. The Labute approximate surface area is 205 Å². The number of aromatic nitrogens is 7. The predicted molar refractivity (Wildman–Crippen MR) is 137 cm³/mol. The van der Waals surface area contributed by atoms with E-state index in [-0.39, 0.29) is 0 Å². The number of H-pyrrole nitrogens is 2. The molecular formula is C26H24N8O2. The topological polar surface area (TPSA) is 141 Å². The maximum absolute atomic E-state index is 10.2. The van der Waals surface area contributed by atoms with Crippen LogP contribution >= 0.6 is 0 Å². The third-order valence-electron chi connectivity index (χ3n) is 6.09. The number of aliphatic hydroxyl groups excluding tert-OH is 1. The van der Waals surface area contributed by atoms with Crippen LogP contribution in [0.4, 0.5) is 5.69 Å². The van der Waals surface area contributed by atoms with Gasteiger partial charge in [-0.25, -0.2) is 9.97 Å². The fourth-order valence-electron chi connectivity index (χ4n) is 4.25. The quantitative estimate of drug-likeness (QED) is 0.219. The van der Waals surface area contributed by atoms with Crippen molar-refractivity contribution in [3.63, 3.8) is 0 Å². The number of hydrogen-bond acceptors (Lipinski definition) is 8. The molecule has 0 fully saturated rings. The number of nitrogens with zero attached hydrogens (tertiary/aromatic N) is 5. The molecule has 180 valence electrons. The summed E-state index contributed by atoms with van der Waals surface area (Å²) in [7, 11) is 0. The zero-order valence-electron chi connectivity index (χ0n) is 19.6. The molecule has 4 N–H and O–H groups in total. The van der Waals surface area contributed by atoms with Crippen molar-refractivity contribution in [3.8, 4) is 33.9 Å². The molecule has 6 rings (SSSR count). The van der Waals surface area contributed by atoms with Gasteiger partial charge in [-0.2, -0.15) is 5.10 Å². The summed E-state index contributed by atoms with van der Waals surface area (Å²) in [5, 5.41) is 21.7. The summed E-state index contributed by atoms with van der Waals surface area (Å²) in [6.45, 7) is 2.10. The van der Waals surface area contributed by atoms with Crippen molar-refractivity contribution in [2.24, 2.45) is 0 Å². The largest absolute Gasteiger partial charge is 0.472 e. The number of imidazole rings is 1. The smallest absolute Gasteiger partial charge is 0.160 e. The van der Waals surface area contributed by atoms with Gasteiger partial charge in [0.2, 0.25) is 0 Å². The zero-order valence-corrected chi connectivity index (χ0v) is 19.6. The molecule has 10 heteroatoms. The first-order valence-corrected chi connectivity index (χ1v) is 11.8. The number of unbranched alkanes of at least 4 members (excludes halogenated alkanes) is 1. The van der Waals surface area contributed by atoms with Crippen molar-refractivity contribution >= 4 is 27.8 Å². The van der Waals surface area contributed by atoms with E-state index in [0.29, 0.717) is 23.6 Å². The Kier molecular flexibility index (Phi) is 5.62. The van der Waals surface area contributed by atoms with Gasteiger partial charge in [-0.05, 0) is 37.1 Å². The number of anilines is 1. The van der Waals surface area contributed by atoms with E-state index in [4.69, 9.17) is 9.40 Å². The van der Waals surface area contributed by atoms with Crippen LogP contribution in [-0.4, -0.2) is 46.5 Å². The van der Waals surface area contributed by atoms with Crippen LogP contribution in [0.25, 0.3) is 56.0 Å². The summed E-state index contributed by atoms with van der Waals surface area (Å²) >= 11 is 0. The molecule has 36 heavy (non-hydrogen) atoms. The average Bonchev–Trinajstić information content (AvgIpc) is 3.66. The van der Waals surface area contributed by atoms with Crippen LogP contribution in [0.15, 0.2) is 66.0 Å². The SMILES string of the molecule is CCCCC(O)Nc1cncc(-c2cc3c(-c4nc5c(-c6ccoc6)ccnc5[nH]4)n[nH]c3cn2)c1. The Morgan fingerprint density at radius 2 is 2.06 bits per heavy atom. The third-order valence-corrected chi connectivity index (χ3v) is 6.09. The molecule has 0 aliphatic carbocycles. The number of nitrogens with one attached hydrogen (secondary N) is 3. The molecule has 6 aromatic heterocycles. The summed E-state index contributed by atoms with van der Waals surface area (Å²) in [4.78, 5) is 21.5. The number of pyridine rings is 3. The number of rotatable bonds is 8. The van der Waals surface area contributed by atoms with Gasteiger partial charge in [0.25, 0.3) is 0 Å². The van der Waals surface area contributed by atoms with Crippen LogP contribution in [0.2, 0.25) is 0 Å². The predicted octanol–water partition coefficient (Wildman–Crippen LogP) is 5.14. The maximum atomic E-state index is 10.2. The molecule has 0 saturated carbocycles. The first kappa shape index (κ1) is 21.9. The van der Waals surface area contributed by atoms with Crippen molar-refractivity contribution in [2.45, 2.75) is 32.4 Å². The van der Waals surface area contributed by atoms with E-state index in [0.717, 1.165) is 57.3 Å². The Morgan fingerprint density at radius 3 is 2.92 bits per heavy atom. The van der Waals surface area contributed by atoms with Gasteiger partial charge >= 0.3 is 0 Å². The monoisotopic (exact) mass is 480 g/mol. The molecule has 10 nitrogen and oxygen atoms in total. The molecule has 0 saturated heterocycles. The van der Waals surface area contributed by atoms with Gasteiger partial charge < -0.3 is 19.8 Å². The van der Waals surface area contributed by atoms with Crippen molar-refractivity contribution in [1.82, 2.24) is 35.1 Å². The highest BCUT2D eigenvalue weighted by Gasteiger charge is 2.17. The minimum atomic E-state index is -0.619. The van der Waals surface area contributed by atoms with E-state index >= 15 is 0 Å². The Morgan fingerprint density at radius 1 is 1.11 bits per heavy atom. The van der Waals surface area contributed by atoms with Gasteiger partial charge in [-0.1, -0.05) is 13.3 Å². The molecule has 0 aliphatic rings. The van der Waals surface area contributed by atoms with Crippen LogP contribution in [-0.2, 0) is 0 Å². The highest BCUT2D eigenvalue weighted by atomic mass is 16.3. The second kappa shape index (κ2) is 9.23. The van der Waals surface area contributed by atoms with Gasteiger partial charge in [-0.15, -0.1) is 0 Å². The molecule has 0 bridgehead atoms. The number of aromatic amines is 2. The van der Waals surface area contributed by atoms with E-state index < -0.39 is 6.23 Å². The van der Waals surface area contributed by atoms with Crippen molar-refractivity contribution in [1.29, 1.82) is 0 Å². The van der Waals surface area contributed by atoms with Gasteiger partial charge in [-0.3, -0.25) is 15.1 Å². The van der Waals surface area contributed by atoms with Gasteiger partial charge in [0.15, 0.2) is 11.5 Å². The fraction of sp³-hybridized carbons (Fsp3) is 0.192. The van der Waals surface area contributed by atoms with Crippen LogP contribution in [0.5, 0.6) is 0 Å². The summed E-state index contributed by atoms with van der Waals surface area (Å²) in [6, 6.07) is 7.69. The van der Waals surface area contributed by atoms with Crippen LogP contribution in [0.1, 0.15) is 26.2 Å². The molecule has 6 heterocycles. The first-order chi connectivity index (χ1) is 17.7. The number of fused-ring (bicyclic) bond motifs is 2. The lowest BCUT2D eigenvalue weighted by Crippen LogP contribution is -2.18. The number of aliphatic hydroxyl groups is 1. The van der Waals surface area contributed by atoms with E-state index in [1.54, 1.807) is 37.3 Å². The highest BCUT2D eigenvalue weighted by molar-refractivity contribution is 5.96. The van der Waals surface area contributed by atoms with E-state index in [1.807, 2.05) is 24.3 Å². The Hall–Kier alpha value is -4.57. The van der Waals surface area contributed by atoms with Crippen molar-refractivity contribution < 1.29 is 9.52 Å². The fourth-order valence-corrected chi connectivity index (χ4v) is 4.25. The second-order valence-electron chi connectivity index (χ2n) is 8.61. The molecule has 0 spiro atoms. The number of hydrogen-bond donors (Lipinski definition) is 4. The minimum Gasteiger partial charge on any atom is -0.472 e. The van der Waals surface area contributed by atoms with Crippen LogP contribution < -0.4 is 5.32 Å². The molecular weight excluding hydrogens is 456 g/mol. The Balaban J connectivity index is 1.36. The molecule has 0 amide bonds. The normalized spacial score (nSPS) is 12.4. The van der Waals surface area contributed by atoms with Crippen LogP contribution in [0, 0.1) is 0 Å². The van der Waals surface area contributed by atoms with Crippen molar-refractivity contribution in [2.75, 3.05) is 5.32 Å². The van der Waals surface area contributed by atoms with Crippen molar-refractivity contribution in [3.05, 3.63) is 61.6 Å². The zero-order chi connectivity index (χ0) is 24.5. The van der Waals surface area contributed by atoms with Crippen LogP contribution in [0.3, 0.4) is 0 Å². The molecule has 6 aromatic rings. The second-order valence-corrected chi connectivity index (χ2v) is 8.61. The highest BCUT2D eigenvalue weighted by Crippen LogP contribution is 2.32. The molecule has 0 radical (unpaired) electrons. The summed E-state index contributed by atoms with van der Waals surface area (Å²) in [5.74, 6) is 0.601. The lowest BCUT2D eigenvalue weighted by molar-refractivity contribution is 0.190. The average molecular weight is 481 g/mol.